The van der Waals surface area contributed by atoms with Crippen LogP contribution in [0, 0.1) is 0 Å². The van der Waals surface area contributed by atoms with Gasteiger partial charge in [-0.05, 0) is 59.6 Å². The van der Waals surface area contributed by atoms with Crippen LogP contribution in [0.25, 0.3) is 11.8 Å². The predicted molar refractivity (Wildman–Crippen MR) is 137 cm³/mol. The molecule has 162 valence electrons. The van der Waals surface area contributed by atoms with Gasteiger partial charge in [0.1, 0.15) is 0 Å². The minimum Gasteiger partial charge on any atom is -0.272 e. The van der Waals surface area contributed by atoms with Crippen LogP contribution in [0.3, 0.4) is 0 Å². The molecule has 0 unspecified atom stereocenters. The maximum absolute atomic E-state index is 13.7. The number of nitrogens with zero attached hydrogens (tertiary/aromatic N) is 2. The lowest BCUT2D eigenvalue weighted by Gasteiger charge is -2.30. The first-order valence-corrected chi connectivity index (χ1v) is 13.1. The van der Waals surface area contributed by atoms with Crippen molar-refractivity contribution in [1.29, 1.82) is 0 Å². The van der Waals surface area contributed by atoms with E-state index in [1.54, 1.807) is 11.8 Å². The largest absolute Gasteiger partial charge is 0.272 e. The molecule has 1 aliphatic heterocycles. The van der Waals surface area contributed by atoms with E-state index in [4.69, 9.17) is 4.99 Å². The van der Waals surface area contributed by atoms with E-state index in [0.29, 0.717) is 0 Å². The average Bonchev–Trinajstić information content (AvgIpc) is 3.18. The summed E-state index contributed by atoms with van der Waals surface area (Å²) in [5, 5.41) is 0. The molecule has 33 heavy (non-hydrogen) atoms. The summed E-state index contributed by atoms with van der Waals surface area (Å²) in [5.41, 5.74) is 7.02. The quantitative estimate of drug-likeness (QED) is 0.397. The van der Waals surface area contributed by atoms with Crippen molar-refractivity contribution in [3.63, 3.8) is 0 Å². The van der Waals surface area contributed by atoms with Crippen molar-refractivity contribution in [1.82, 2.24) is 4.57 Å². The topological polar surface area (TPSA) is 34.4 Å². The van der Waals surface area contributed by atoms with Crippen LogP contribution in [0.15, 0.2) is 99.1 Å². The molecule has 0 saturated carbocycles. The summed E-state index contributed by atoms with van der Waals surface area (Å²) < 4.78 is 2.63. The highest BCUT2D eigenvalue weighted by atomic mass is 32.2. The van der Waals surface area contributed by atoms with Gasteiger partial charge >= 0.3 is 0 Å². The Hall–Kier alpha value is -3.15. The number of benzene rings is 3. The normalized spacial score (nSPS) is 17.2. The van der Waals surface area contributed by atoms with Crippen molar-refractivity contribution in [2.24, 2.45) is 4.99 Å². The second-order valence-corrected chi connectivity index (χ2v) is 10.2. The third-order valence-electron chi connectivity index (χ3n) is 6.40. The third-order valence-corrected chi connectivity index (χ3v) is 8.13. The lowest BCUT2D eigenvalue weighted by Crippen LogP contribution is -2.38. The molecule has 3 aromatic carbocycles. The second kappa shape index (κ2) is 8.32. The minimum atomic E-state index is -0.119. The molecule has 6 rings (SSSR count). The number of aryl methyl sites for hydroxylation is 1. The fourth-order valence-electron chi connectivity index (χ4n) is 4.81. The van der Waals surface area contributed by atoms with Crippen LogP contribution in [0.4, 0.5) is 0 Å². The zero-order valence-electron chi connectivity index (χ0n) is 18.2. The molecule has 0 N–H and O–H groups in total. The van der Waals surface area contributed by atoms with Crippen molar-refractivity contribution >= 4 is 34.9 Å². The predicted octanol–water partition coefficient (Wildman–Crippen LogP) is 5.04. The maximum atomic E-state index is 13.7. The molecule has 0 radical (unpaired) electrons. The SMILES string of the molecule is CSc1ccc(/C=c2\sc3n(c2=O)[C@@H](c2ccccc2)C2=C(N=3)c3ccccc3CC2)cc1. The lowest BCUT2D eigenvalue weighted by molar-refractivity contribution is 0.585. The van der Waals surface area contributed by atoms with Crippen molar-refractivity contribution in [2.45, 2.75) is 23.8 Å². The van der Waals surface area contributed by atoms with Crippen LogP contribution in [0.1, 0.15) is 34.7 Å². The Morgan fingerprint density at radius 1 is 0.970 bits per heavy atom. The Morgan fingerprint density at radius 3 is 2.52 bits per heavy atom. The van der Waals surface area contributed by atoms with Crippen LogP contribution in [-0.4, -0.2) is 10.8 Å². The van der Waals surface area contributed by atoms with E-state index in [1.165, 1.54) is 32.9 Å². The van der Waals surface area contributed by atoms with Gasteiger partial charge in [-0.2, -0.15) is 0 Å². The summed E-state index contributed by atoms with van der Waals surface area (Å²) >= 11 is 3.20. The first kappa shape index (κ1) is 20.5. The molecule has 0 bridgehead atoms. The first-order valence-electron chi connectivity index (χ1n) is 11.0. The van der Waals surface area contributed by atoms with Gasteiger partial charge in [0.05, 0.1) is 16.3 Å². The Morgan fingerprint density at radius 2 is 1.73 bits per heavy atom. The number of thioether (sulfide) groups is 1. The van der Waals surface area contributed by atoms with E-state index in [0.717, 1.165) is 39.0 Å². The molecule has 2 aliphatic rings. The molecule has 4 aromatic rings. The molecule has 0 spiro atoms. The molecule has 0 amide bonds. The molecule has 1 aliphatic carbocycles. The molecular weight excluding hydrogens is 444 g/mol. The van der Waals surface area contributed by atoms with Gasteiger partial charge in [0.15, 0.2) is 4.80 Å². The molecule has 1 atom stereocenters. The summed E-state index contributed by atoms with van der Waals surface area (Å²) in [6, 6.07) is 27.1. The monoisotopic (exact) mass is 466 g/mol. The molecular formula is C28H22N2OS2. The second-order valence-electron chi connectivity index (χ2n) is 8.30. The van der Waals surface area contributed by atoms with E-state index in [-0.39, 0.29) is 11.6 Å². The van der Waals surface area contributed by atoms with Crippen LogP contribution in [0.5, 0.6) is 0 Å². The van der Waals surface area contributed by atoms with Gasteiger partial charge < -0.3 is 0 Å². The van der Waals surface area contributed by atoms with Gasteiger partial charge in [-0.1, -0.05) is 78.1 Å². The van der Waals surface area contributed by atoms with Crippen molar-refractivity contribution in [3.05, 3.63) is 126 Å². The highest BCUT2D eigenvalue weighted by Gasteiger charge is 2.32. The third kappa shape index (κ3) is 3.52. The fraction of sp³-hybridized carbons (Fsp3) is 0.143. The van der Waals surface area contributed by atoms with E-state index in [2.05, 4.69) is 79.1 Å². The molecule has 2 heterocycles. The summed E-state index contributed by atoms with van der Waals surface area (Å²) in [5.74, 6) is 0. The summed E-state index contributed by atoms with van der Waals surface area (Å²) in [7, 11) is 0. The maximum Gasteiger partial charge on any atom is 0.271 e. The number of hydrogen-bond donors (Lipinski definition) is 0. The average molecular weight is 467 g/mol. The lowest BCUT2D eigenvalue weighted by atomic mass is 9.83. The Labute approximate surface area is 200 Å². The number of thiazole rings is 1. The number of aromatic nitrogens is 1. The van der Waals surface area contributed by atoms with E-state index < -0.39 is 0 Å². The molecule has 0 saturated heterocycles. The number of rotatable bonds is 3. The number of allylic oxidation sites excluding steroid dienone is 1. The van der Waals surface area contributed by atoms with E-state index >= 15 is 0 Å². The van der Waals surface area contributed by atoms with Gasteiger partial charge in [-0.15, -0.1) is 11.8 Å². The van der Waals surface area contributed by atoms with Crippen molar-refractivity contribution in [3.8, 4) is 0 Å². The van der Waals surface area contributed by atoms with Gasteiger partial charge in [-0.3, -0.25) is 9.36 Å². The van der Waals surface area contributed by atoms with Crippen LogP contribution in [0.2, 0.25) is 0 Å². The Kier molecular flexibility index (Phi) is 5.16. The Bertz CT molecular complexity index is 1560. The molecule has 3 nitrogen and oxygen atoms in total. The van der Waals surface area contributed by atoms with Gasteiger partial charge in [0.2, 0.25) is 0 Å². The highest BCUT2D eigenvalue weighted by molar-refractivity contribution is 7.98. The Balaban J connectivity index is 1.59. The van der Waals surface area contributed by atoms with Crippen LogP contribution in [-0.2, 0) is 6.42 Å². The minimum absolute atomic E-state index is 0.0342. The summed E-state index contributed by atoms with van der Waals surface area (Å²) in [4.78, 5) is 20.8. The van der Waals surface area contributed by atoms with Crippen molar-refractivity contribution in [2.75, 3.05) is 6.26 Å². The van der Waals surface area contributed by atoms with Gasteiger partial charge in [-0.25, -0.2) is 4.99 Å². The smallest absolute Gasteiger partial charge is 0.271 e. The van der Waals surface area contributed by atoms with Crippen molar-refractivity contribution < 1.29 is 0 Å². The number of hydrogen-bond acceptors (Lipinski definition) is 4. The van der Waals surface area contributed by atoms with Gasteiger partial charge in [0.25, 0.3) is 5.56 Å². The zero-order valence-corrected chi connectivity index (χ0v) is 19.8. The summed E-state index contributed by atoms with van der Waals surface area (Å²) in [6.07, 6.45) is 5.94. The van der Waals surface area contributed by atoms with E-state index in [1.807, 2.05) is 16.7 Å². The molecule has 0 fully saturated rings. The molecule has 5 heteroatoms. The molecule has 1 aromatic heterocycles. The highest BCUT2D eigenvalue weighted by Crippen LogP contribution is 2.41. The summed E-state index contributed by atoms with van der Waals surface area (Å²) in [6.45, 7) is 0. The fourth-order valence-corrected chi connectivity index (χ4v) is 6.22. The van der Waals surface area contributed by atoms with E-state index in [9.17, 15) is 4.79 Å². The van der Waals surface area contributed by atoms with Crippen LogP contribution >= 0.6 is 23.1 Å². The first-order chi connectivity index (χ1) is 16.2. The number of fused-ring (bicyclic) bond motifs is 3. The van der Waals surface area contributed by atoms with Gasteiger partial charge in [0, 0.05) is 10.5 Å². The standard InChI is InChI=1S/C28H22N2OS2/c1-32-21-14-11-18(12-15-21)17-24-27(31)30-26(20-8-3-2-4-9-20)23-16-13-19-7-5-6-10-22(19)25(23)29-28(30)33-24/h2-12,14-15,17,26H,13,16H2,1H3/b24-17-/t26-/m0/s1. The zero-order chi connectivity index (χ0) is 22.4. The van der Waals surface area contributed by atoms with Crippen LogP contribution < -0.4 is 14.9 Å².